The molecule has 2 heterocycles. The van der Waals surface area contributed by atoms with Crippen LogP contribution in [-0.4, -0.2) is 43.1 Å². The van der Waals surface area contributed by atoms with Crippen LogP contribution in [0.2, 0.25) is 0 Å². The molecule has 0 radical (unpaired) electrons. The summed E-state index contributed by atoms with van der Waals surface area (Å²) in [7, 11) is 0. The molecule has 2 aliphatic heterocycles. The van der Waals surface area contributed by atoms with Crippen molar-refractivity contribution in [3.05, 3.63) is 35.4 Å². The normalized spacial score (nSPS) is 29.6. The maximum absolute atomic E-state index is 12.7. The van der Waals surface area contributed by atoms with Gasteiger partial charge in [-0.1, -0.05) is 24.3 Å². The summed E-state index contributed by atoms with van der Waals surface area (Å²) in [6, 6.07) is 8.45. The van der Waals surface area contributed by atoms with Crippen LogP contribution in [0.3, 0.4) is 0 Å². The van der Waals surface area contributed by atoms with Gasteiger partial charge in [0.25, 0.3) is 0 Å². The summed E-state index contributed by atoms with van der Waals surface area (Å²) in [6.45, 7) is 7.23. The molecule has 4 heteroatoms. The van der Waals surface area contributed by atoms with Crippen LogP contribution < -0.4 is 5.32 Å². The molecule has 114 valence electrons. The molecule has 0 spiro atoms. The van der Waals surface area contributed by atoms with Crippen LogP contribution >= 0.6 is 0 Å². The standard InChI is InChI=1S/C17H24N2O2/c1-12-5-3-4-6-15(12)16-10-19(13(2)11-21-16)17(20)14-7-8-18-9-14/h3-6,13-14,16,18H,7-11H2,1-2H3/t13-,14+,16-/m0/s1. The van der Waals surface area contributed by atoms with Crippen molar-refractivity contribution in [2.24, 2.45) is 5.92 Å². The number of carbonyl (C=O) groups excluding carboxylic acids is 1. The average Bonchev–Trinajstić information content (AvgIpc) is 3.02. The van der Waals surface area contributed by atoms with E-state index in [1.54, 1.807) is 0 Å². The number of rotatable bonds is 2. The molecule has 3 atom stereocenters. The molecule has 2 fully saturated rings. The number of benzene rings is 1. The molecular formula is C17H24N2O2. The Morgan fingerprint density at radius 2 is 2.19 bits per heavy atom. The Balaban J connectivity index is 1.75. The third kappa shape index (κ3) is 2.97. The molecule has 2 saturated heterocycles. The van der Waals surface area contributed by atoms with E-state index in [1.807, 2.05) is 17.0 Å². The fraction of sp³-hybridized carbons (Fsp3) is 0.588. The van der Waals surface area contributed by atoms with Crippen molar-refractivity contribution >= 4 is 5.91 Å². The molecule has 1 aromatic rings. The van der Waals surface area contributed by atoms with E-state index in [0.29, 0.717) is 13.2 Å². The Morgan fingerprint density at radius 1 is 1.38 bits per heavy atom. The number of hydrogen-bond donors (Lipinski definition) is 1. The lowest BCUT2D eigenvalue weighted by Crippen LogP contribution is -2.50. The van der Waals surface area contributed by atoms with Gasteiger partial charge in [0.15, 0.2) is 0 Å². The third-order valence-electron chi connectivity index (χ3n) is 4.66. The van der Waals surface area contributed by atoms with Gasteiger partial charge in [-0.25, -0.2) is 0 Å². The summed E-state index contributed by atoms with van der Waals surface area (Å²) in [6.07, 6.45) is 0.957. The minimum Gasteiger partial charge on any atom is -0.370 e. The van der Waals surface area contributed by atoms with E-state index >= 15 is 0 Å². The second-order valence-electron chi connectivity index (χ2n) is 6.21. The van der Waals surface area contributed by atoms with Crippen LogP contribution in [0.25, 0.3) is 0 Å². The molecule has 0 saturated carbocycles. The van der Waals surface area contributed by atoms with Crippen molar-refractivity contribution in [1.29, 1.82) is 0 Å². The zero-order valence-corrected chi connectivity index (χ0v) is 12.8. The zero-order chi connectivity index (χ0) is 14.8. The smallest absolute Gasteiger partial charge is 0.227 e. The molecule has 21 heavy (non-hydrogen) atoms. The van der Waals surface area contributed by atoms with Gasteiger partial charge in [0.2, 0.25) is 5.91 Å². The van der Waals surface area contributed by atoms with Gasteiger partial charge >= 0.3 is 0 Å². The molecule has 1 amide bonds. The summed E-state index contributed by atoms with van der Waals surface area (Å²) < 4.78 is 5.99. The van der Waals surface area contributed by atoms with Gasteiger partial charge in [0.05, 0.1) is 25.1 Å². The lowest BCUT2D eigenvalue weighted by Gasteiger charge is -2.39. The summed E-state index contributed by atoms with van der Waals surface area (Å²) >= 11 is 0. The van der Waals surface area contributed by atoms with Gasteiger partial charge in [-0.05, 0) is 37.9 Å². The third-order valence-corrected chi connectivity index (χ3v) is 4.66. The highest BCUT2D eigenvalue weighted by molar-refractivity contribution is 5.80. The Labute approximate surface area is 126 Å². The molecule has 0 bridgehead atoms. The van der Waals surface area contributed by atoms with Gasteiger partial charge in [-0.15, -0.1) is 0 Å². The van der Waals surface area contributed by atoms with Crippen LogP contribution in [0, 0.1) is 12.8 Å². The van der Waals surface area contributed by atoms with Crippen LogP contribution in [0.1, 0.15) is 30.6 Å². The predicted molar refractivity (Wildman–Crippen MR) is 82.0 cm³/mol. The van der Waals surface area contributed by atoms with Gasteiger partial charge in [-0.3, -0.25) is 4.79 Å². The molecule has 0 aliphatic carbocycles. The molecule has 2 aliphatic rings. The fourth-order valence-corrected chi connectivity index (χ4v) is 3.30. The highest BCUT2D eigenvalue weighted by Gasteiger charge is 2.35. The van der Waals surface area contributed by atoms with Gasteiger partial charge in [-0.2, -0.15) is 0 Å². The summed E-state index contributed by atoms with van der Waals surface area (Å²) in [4.78, 5) is 14.7. The number of hydrogen-bond acceptors (Lipinski definition) is 3. The summed E-state index contributed by atoms with van der Waals surface area (Å²) in [5, 5.41) is 3.28. The van der Waals surface area contributed by atoms with Crippen LogP contribution in [-0.2, 0) is 9.53 Å². The number of carbonyl (C=O) groups is 1. The SMILES string of the molecule is Cc1ccccc1[C@@H]1CN(C(=O)[C@@H]2CCNC2)[C@@H](C)CO1. The minimum atomic E-state index is 0.000659. The summed E-state index contributed by atoms with van der Waals surface area (Å²) in [5.74, 6) is 0.428. The van der Waals surface area contributed by atoms with Crippen LogP contribution in [0.4, 0.5) is 0 Å². The van der Waals surface area contributed by atoms with E-state index in [-0.39, 0.29) is 24.0 Å². The first-order valence-electron chi connectivity index (χ1n) is 7.85. The number of ether oxygens (including phenoxy) is 1. The van der Waals surface area contributed by atoms with E-state index in [2.05, 4.69) is 31.3 Å². The zero-order valence-electron chi connectivity index (χ0n) is 12.8. The highest BCUT2D eigenvalue weighted by atomic mass is 16.5. The first-order chi connectivity index (χ1) is 10.2. The maximum atomic E-state index is 12.7. The number of nitrogens with zero attached hydrogens (tertiary/aromatic N) is 1. The van der Waals surface area contributed by atoms with E-state index < -0.39 is 0 Å². The molecule has 0 unspecified atom stereocenters. The minimum absolute atomic E-state index is 0.000659. The molecule has 0 aromatic heterocycles. The highest BCUT2D eigenvalue weighted by Crippen LogP contribution is 2.28. The predicted octanol–water partition coefficient (Wildman–Crippen LogP) is 1.89. The van der Waals surface area contributed by atoms with Crippen LogP contribution in [0.15, 0.2) is 24.3 Å². The lowest BCUT2D eigenvalue weighted by atomic mass is 9.99. The molecule has 1 N–H and O–H groups in total. The van der Waals surface area contributed by atoms with Crippen molar-refractivity contribution in [3.8, 4) is 0 Å². The maximum Gasteiger partial charge on any atom is 0.227 e. The Morgan fingerprint density at radius 3 is 2.90 bits per heavy atom. The first-order valence-corrected chi connectivity index (χ1v) is 7.85. The second kappa shape index (κ2) is 6.16. The van der Waals surface area contributed by atoms with Gasteiger partial charge in [0, 0.05) is 6.54 Å². The molecular weight excluding hydrogens is 264 g/mol. The number of morpholine rings is 1. The average molecular weight is 288 g/mol. The molecule has 4 nitrogen and oxygen atoms in total. The Kier molecular flexibility index (Phi) is 4.27. The van der Waals surface area contributed by atoms with Crippen molar-refractivity contribution in [2.75, 3.05) is 26.2 Å². The molecule has 3 rings (SSSR count). The number of amides is 1. The van der Waals surface area contributed by atoms with Crippen molar-refractivity contribution in [3.63, 3.8) is 0 Å². The van der Waals surface area contributed by atoms with Gasteiger partial charge in [0.1, 0.15) is 6.10 Å². The quantitative estimate of drug-likeness (QED) is 0.903. The Hall–Kier alpha value is -1.39. The monoisotopic (exact) mass is 288 g/mol. The molecule has 1 aromatic carbocycles. The first kappa shape index (κ1) is 14.5. The lowest BCUT2D eigenvalue weighted by molar-refractivity contribution is -0.148. The van der Waals surface area contributed by atoms with E-state index in [4.69, 9.17) is 4.74 Å². The largest absolute Gasteiger partial charge is 0.370 e. The van der Waals surface area contributed by atoms with Crippen molar-refractivity contribution in [2.45, 2.75) is 32.4 Å². The van der Waals surface area contributed by atoms with Crippen LogP contribution in [0.5, 0.6) is 0 Å². The van der Waals surface area contributed by atoms with E-state index in [0.717, 1.165) is 19.5 Å². The second-order valence-corrected chi connectivity index (χ2v) is 6.21. The van der Waals surface area contributed by atoms with E-state index in [9.17, 15) is 4.79 Å². The van der Waals surface area contributed by atoms with Crippen molar-refractivity contribution in [1.82, 2.24) is 10.2 Å². The Bertz CT molecular complexity index is 511. The number of aryl methyl sites for hydroxylation is 1. The van der Waals surface area contributed by atoms with Gasteiger partial charge < -0.3 is 15.0 Å². The van der Waals surface area contributed by atoms with Crippen molar-refractivity contribution < 1.29 is 9.53 Å². The summed E-state index contributed by atoms with van der Waals surface area (Å²) in [5.41, 5.74) is 2.43. The fourth-order valence-electron chi connectivity index (χ4n) is 3.30. The topological polar surface area (TPSA) is 41.6 Å². The number of nitrogens with one attached hydrogen (secondary N) is 1. The van der Waals surface area contributed by atoms with E-state index in [1.165, 1.54) is 11.1 Å².